The molecule has 0 heterocycles. The maximum absolute atomic E-state index is 10.9. The second kappa shape index (κ2) is 19.0. The Balaban J connectivity index is 1.79. The molecule has 1 aliphatic rings. The third-order valence-electron chi connectivity index (χ3n) is 12.9. The summed E-state index contributed by atoms with van der Waals surface area (Å²) in [6.07, 6.45) is 9.94. The molecular weight excluding hydrogens is 837 g/mol. The molecular formula is C65H68N4. The van der Waals surface area contributed by atoms with Crippen molar-refractivity contribution in [2.75, 3.05) is 0 Å². The number of hydrogen-bond donors (Lipinski definition) is 0. The lowest BCUT2D eigenvalue weighted by atomic mass is 9.82. The van der Waals surface area contributed by atoms with Gasteiger partial charge in [0, 0.05) is 0 Å². The molecule has 4 nitrogen and oxygen atoms in total. The smallest absolute Gasteiger partial charge is 0.0998 e. The summed E-state index contributed by atoms with van der Waals surface area (Å²) in [5, 5.41) is 43.7. The van der Waals surface area contributed by atoms with Gasteiger partial charge < -0.3 is 0 Å². The molecule has 0 saturated heterocycles. The monoisotopic (exact) mass is 905 g/mol. The molecule has 1 aliphatic carbocycles. The fourth-order valence-electron chi connectivity index (χ4n) is 8.41. The van der Waals surface area contributed by atoms with Gasteiger partial charge in [0.05, 0.1) is 46.6 Å². The van der Waals surface area contributed by atoms with Crippen molar-refractivity contribution in [2.45, 2.75) is 138 Å². The van der Waals surface area contributed by atoms with Gasteiger partial charge >= 0.3 is 0 Å². The van der Waals surface area contributed by atoms with Gasteiger partial charge in [-0.3, -0.25) is 0 Å². The van der Waals surface area contributed by atoms with E-state index < -0.39 is 0 Å². The SMILES string of the molecule is C/C1=C\c2cc(cc(C(C)(C)C)c2)/C(C#N)=C/c2cc(cc(C(C)(C)C)c2)/C(C#N)=C/c2cc(cc(C(C)(C)C)c2)/C(C#N)=C/c2cc(cc(C(C)(C)C)c2)/C(C#N)=C/c2cc1cc(C(C)(C)C)c2. The number of nitriles is 4. The molecule has 4 heteroatoms. The second-order valence-electron chi connectivity index (χ2n) is 24.0. The number of benzene rings is 5. The van der Waals surface area contributed by atoms with Gasteiger partial charge in [-0.2, -0.15) is 21.0 Å². The van der Waals surface area contributed by atoms with Crippen LogP contribution in [0.25, 0.3) is 58.2 Å². The van der Waals surface area contributed by atoms with E-state index in [0.29, 0.717) is 22.3 Å². The molecule has 5 aromatic carbocycles. The molecule has 0 aliphatic heterocycles. The van der Waals surface area contributed by atoms with Gasteiger partial charge in [-0.25, -0.2) is 0 Å². The van der Waals surface area contributed by atoms with E-state index in [1.807, 2.05) is 42.5 Å². The predicted molar refractivity (Wildman–Crippen MR) is 293 cm³/mol. The summed E-state index contributed by atoms with van der Waals surface area (Å²) in [5.74, 6) is 0. The third kappa shape index (κ3) is 12.3. The van der Waals surface area contributed by atoms with E-state index in [0.717, 1.165) is 89.0 Å². The second-order valence-corrected chi connectivity index (χ2v) is 24.0. The lowest BCUT2D eigenvalue weighted by Crippen LogP contribution is -2.12. The molecule has 69 heavy (non-hydrogen) atoms. The van der Waals surface area contributed by atoms with Gasteiger partial charge in [0.1, 0.15) is 0 Å². The Bertz CT molecular complexity index is 3180. The summed E-state index contributed by atoms with van der Waals surface area (Å²) in [4.78, 5) is 0. The summed E-state index contributed by atoms with van der Waals surface area (Å²) >= 11 is 0. The summed E-state index contributed by atoms with van der Waals surface area (Å²) in [7, 11) is 0. The number of rotatable bonds is 0. The quantitative estimate of drug-likeness (QED) is 0.155. The molecule has 0 aromatic heterocycles. The first-order chi connectivity index (χ1) is 32.0. The van der Waals surface area contributed by atoms with Gasteiger partial charge in [0.15, 0.2) is 0 Å². The molecule has 0 radical (unpaired) electrons. The van der Waals surface area contributed by atoms with Crippen LogP contribution in [0.4, 0.5) is 0 Å². The topological polar surface area (TPSA) is 95.2 Å². The summed E-state index contributed by atoms with van der Waals surface area (Å²) in [6.45, 7) is 34.7. The third-order valence-corrected chi connectivity index (χ3v) is 12.9. The van der Waals surface area contributed by atoms with Crippen LogP contribution in [0.2, 0.25) is 0 Å². The molecule has 0 saturated carbocycles. The van der Waals surface area contributed by atoms with Crippen molar-refractivity contribution in [2.24, 2.45) is 0 Å². The first kappa shape index (κ1) is 51.2. The normalized spacial score (nSPS) is 17.7. The molecule has 6 rings (SSSR count). The van der Waals surface area contributed by atoms with E-state index in [2.05, 4.69) is 214 Å². The number of nitrogens with zero attached hydrogens (tertiary/aromatic N) is 4. The van der Waals surface area contributed by atoms with E-state index in [1.54, 1.807) is 0 Å². The Morgan fingerprint density at radius 3 is 0.652 bits per heavy atom. The van der Waals surface area contributed by atoms with Crippen molar-refractivity contribution in [1.29, 1.82) is 21.0 Å². The van der Waals surface area contributed by atoms with Crippen LogP contribution in [0, 0.1) is 45.3 Å². The standard InChI is InChI=1S/C65H68N4/c1-41-17-42-19-48(33-57(27-42)62(5,6)7)53(38-67)24-44-21-50(35-59(29-44)64(11,12)13)55(40-69)26-46-22-51(36-60(31-46)65(14,15)16)54(39-68)25-45-20-49(34-58(30-45)63(8,9)10)52(37-66)23-43-18-47(41)32-56(28-43)61(2,3)4/h17-36H,1-16H3/b41-17+,52-23+,53-24+,54-25+,55-26+. The average Bonchev–Trinajstić information content (AvgIpc) is 3.26. The van der Waals surface area contributed by atoms with E-state index in [4.69, 9.17) is 0 Å². The zero-order chi connectivity index (χ0) is 51.0. The predicted octanol–water partition coefficient (Wildman–Crippen LogP) is 17.3. The summed E-state index contributed by atoms with van der Waals surface area (Å²) < 4.78 is 0. The molecule has 10 bridgehead atoms. The Kier molecular flexibility index (Phi) is 14.1. The fourth-order valence-corrected chi connectivity index (χ4v) is 8.41. The van der Waals surface area contributed by atoms with Crippen LogP contribution in [0.3, 0.4) is 0 Å². The Morgan fingerprint density at radius 1 is 0.261 bits per heavy atom. The highest BCUT2D eigenvalue weighted by Crippen LogP contribution is 2.37. The Morgan fingerprint density at radius 2 is 0.449 bits per heavy atom. The van der Waals surface area contributed by atoms with E-state index in [9.17, 15) is 21.0 Å². The first-order valence-corrected chi connectivity index (χ1v) is 23.9. The van der Waals surface area contributed by atoms with Gasteiger partial charge in [0.25, 0.3) is 0 Å². The first-order valence-electron chi connectivity index (χ1n) is 23.9. The van der Waals surface area contributed by atoms with Crippen molar-refractivity contribution in [3.8, 4) is 24.3 Å². The highest BCUT2D eigenvalue weighted by atomic mass is 14.3. The van der Waals surface area contributed by atoms with Gasteiger partial charge in [-0.15, -0.1) is 0 Å². The van der Waals surface area contributed by atoms with Crippen LogP contribution >= 0.6 is 0 Å². The van der Waals surface area contributed by atoms with Crippen LogP contribution < -0.4 is 0 Å². The highest BCUT2D eigenvalue weighted by molar-refractivity contribution is 5.97. The zero-order valence-electron chi connectivity index (χ0n) is 43.8. The Labute approximate surface area is 414 Å². The van der Waals surface area contributed by atoms with Crippen LogP contribution in [0.1, 0.15) is 194 Å². The average molecular weight is 905 g/mol. The lowest BCUT2D eigenvalue weighted by molar-refractivity contribution is 0.589. The van der Waals surface area contributed by atoms with Crippen LogP contribution in [0.5, 0.6) is 0 Å². The summed E-state index contributed by atoms with van der Waals surface area (Å²) in [5.41, 5.74) is 15.5. The molecule has 348 valence electrons. The van der Waals surface area contributed by atoms with Crippen LogP contribution in [-0.2, 0) is 27.1 Å². The van der Waals surface area contributed by atoms with Crippen molar-refractivity contribution in [3.05, 3.63) is 174 Å². The minimum Gasteiger partial charge on any atom is -0.192 e. The highest BCUT2D eigenvalue weighted by Gasteiger charge is 2.23. The lowest BCUT2D eigenvalue weighted by Gasteiger charge is -2.22. The van der Waals surface area contributed by atoms with E-state index >= 15 is 0 Å². The molecule has 0 atom stereocenters. The van der Waals surface area contributed by atoms with Crippen molar-refractivity contribution >= 4 is 58.2 Å². The Hall–Kier alpha value is -7.24. The van der Waals surface area contributed by atoms with Gasteiger partial charge in [-0.05, 0) is 202 Å². The molecule has 0 N–H and O–H groups in total. The van der Waals surface area contributed by atoms with Crippen molar-refractivity contribution in [3.63, 3.8) is 0 Å². The minimum atomic E-state index is -0.278. The van der Waals surface area contributed by atoms with Crippen molar-refractivity contribution < 1.29 is 0 Å². The zero-order valence-corrected chi connectivity index (χ0v) is 43.8. The molecule has 0 amide bonds. The minimum absolute atomic E-state index is 0.186. The van der Waals surface area contributed by atoms with Crippen LogP contribution in [-0.4, -0.2) is 0 Å². The summed E-state index contributed by atoms with van der Waals surface area (Å²) in [6, 6.07) is 41.7. The maximum atomic E-state index is 10.9. The molecule has 0 fully saturated rings. The van der Waals surface area contributed by atoms with Crippen LogP contribution in [0.15, 0.2) is 91.0 Å². The number of fused-ring (bicyclic) bond motifs is 10. The van der Waals surface area contributed by atoms with E-state index in [-0.39, 0.29) is 27.1 Å². The maximum Gasteiger partial charge on any atom is 0.0998 e. The fraction of sp³-hybridized carbons (Fsp3) is 0.323. The molecule has 0 unspecified atom stereocenters. The largest absolute Gasteiger partial charge is 0.192 e. The molecule has 0 spiro atoms. The van der Waals surface area contributed by atoms with E-state index in [1.165, 1.54) is 0 Å². The van der Waals surface area contributed by atoms with Crippen molar-refractivity contribution in [1.82, 2.24) is 0 Å². The number of allylic oxidation sites excluding steroid dienone is 5. The molecule has 5 aromatic rings. The van der Waals surface area contributed by atoms with Gasteiger partial charge in [-0.1, -0.05) is 146 Å². The number of hydrogen-bond acceptors (Lipinski definition) is 4. The van der Waals surface area contributed by atoms with Gasteiger partial charge in [0.2, 0.25) is 0 Å².